The molecule has 4 rings (SSSR count). The Morgan fingerprint density at radius 1 is 1.23 bits per heavy atom. The molecule has 3 aliphatic rings. The van der Waals surface area contributed by atoms with E-state index in [0.717, 1.165) is 55.7 Å². The van der Waals surface area contributed by atoms with Crippen molar-refractivity contribution >= 4 is 23.4 Å². The molecule has 2 atom stereocenters. The van der Waals surface area contributed by atoms with Crippen LogP contribution in [0.5, 0.6) is 0 Å². The summed E-state index contributed by atoms with van der Waals surface area (Å²) in [6, 6.07) is 8.31. The van der Waals surface area contributed by atoms with E-state index in [1.54, 1.807) is 0 Å². The highest BCUT2D eigenvalue weighted by Crippen LogP contribution is 2.36. The molecule has 0 aromatic heterocycles. The fourth-order valence-electron chi connectivity index (χ4n) is 4.39. The van der Waals surface area contributed by atoms with E-state index in [9.17, 15) is 9.59 Å². The molecule has 1 aromatic rings. The molecule has 8 nitrogen and oxygen atoms in total. The first kappa shape index (κ1) is 21.5. The third-order valence-corrected chi connectivity index (χ3v) is 5.84. The average molecular weight is 428 g/mol. The van der Waals surface area contributed by atoms with Gasteiger partial charge in [-0.2, -0.15) is 0 Å². The van der Waals surface area contributed by atoms with Crippen LogP contribution in [0, 0.1) is 0 Å². The van der Waals surface area contributed by atoms with E-state index in [0.29, 0.717) is 6.54 Å². The molecule has 0 spiro atoms. The monoisotopic (exact) mass is 427 g/mol. The van der Waals surface area contributed by atoms with Crippen LogP contribution in [0.4, 0.5) is 15.3 Å². The van der Waals surface area contributed by atoms with Gasteiger partial charge in [0.05, 0.1) is 6.04 Å². The first-order chi connectivity index (χ1) is 14.8. The Morgan fingerprint density at radius 2 is 2.03 bits per heavy atom. The number of hydrogen-bond acceptors (Lipinski definition) is 5. The summed E-state index contributed by atoms with van der Waals surface area (Å²) in [7, 11) is 0. The minimum atomic E-state index is -0.471. The zero-order valence-corrected chi connectivity index (χ0v) is 18.6. The summed E-state index contributed by atoms with van der Waals surface area (Å²) in [5.41, 5.74) is 2.88. The van der Waals surface area contributed by atoms with Crippen LogP contribution in [0.15, 0.2) is 30.5 Å². The molecule has 2 unspecified atom stereocenters. The molecule has 0 bridgehead atoms. The second-order valence-corrected chi connectivity index (χ2v) is 9.44. The number of anilines is 1. The van der Waals surface area contributed by atoms with Crippen LogP contribution in [0.1, 0.15) is 45.6 Å². The average Bonchev–Trinajstić information content (AvgIpc) is 3.29. The Bertz CT molecular complexity index is 863. The Labute approximate surface area is 184 Å². The molecule has 3 heterocycles. The predicted molar refractivity (Wildman–Crippen MR) is 121 cm³/mol. The number of ether oxygens (including phenoxy) is 1. The smallest absolute Gasteiger partial charge is 0.407 e. The van der Waals surface area contributed by atoms with E-state index in [2.05, 4.69) is 26.9 Å². The van der Waals surface area contributed by atoms with Crippen LogP contribution >= 0.6 is 0 Å². The van der Waals surface area contributed by atoms with Crippen molar-refractivity contribution in [1.82, 2.24) is 20.4 Å². The number of amides is 3. The number of nitrogens with one attached hydrogen (secondary N) is 3. The van der Waals surface area contributed by atoms with Gasteiger partial charge >= 0.3 is 12.1 Å². The van der Waals surface area contributed by atoms with Gasteiger partial charge in [-0.05, 0) is 52.6 Å². The highest BCUT2D eigenvalue weighted by molar-refractivity contribution is 5.93. The number of urea groups is 1. The van der Waals surface area contributed by atoms with Gasteiger partial charge in [0.2, 0.25) is 0 Å². The number of rotatable bonds is 6. The lowest BCUT2D eigenvalue weighted by molar-refractivity contribution is 0.0526. The number of hydrogen-bond donors (Lipinski definition) is 3. The maximum absolute atomic E-state index is 12.7. The first-order valence-corrected chi connectivity index (χ1v) is 11.2. The van der Waals surface area contributed by atoms with Crippen LogP contribution in [-0.4, -0.2) is 65.9 Å². The van der Waals surface area contributed by atoms with E-state index in [4.69, 9.17) is 4.74 Å². The van der Waals surface area contributed by atoms with Crippen LogP contribution in [0.3, 0.4) is 0 Å². The van der Waals surface area contributed by atoms with Crippen molar-refractivity contribution in [2.75, 3.05) is 31.5 Å². The zero-order chi connectivity index (χ0) is 22.0. The van der Waals surface area contributed by atoms with Crippen LogP contribution in [0.2, 0.25) is 0 Å². The van der Waals surface area contributed by atoms with Crippen LogP contribution < -0.4 is 16.0 Å². The van der Waals surface area contributed by atoms with Crippen LogP contribution in [0.25, 0.3) is 5.57 Å². The van der Waals surface area contributed by atoms with Crippen molar-refractivity contribution in [2.45, 2.75) is 57.8 Å². The van der Waals surface area contributed by atoms with Crippen molar-refractivity contribution < 1.29 is 14.3 Å². The number of carbonyl (C=O) groups is 2. The van der Waals surface area contributed by atoms with Gasteiger partial charge in [0.1, 0.15) is 11.8 Å². The summed E-state index contributed by atoms with van der Waals surface area (Å²) in [6.07, 6.45) is 4.39. The quantitative estimate of drug-likeness (QED) is 0.607. The predicted octanol–water partition coefficient (Wildman–Crippen LogP) is 3.18. The number of likely N-dealkylation sites (tertiary alicyclic amines) is 1. The summed E-state index contributed by atoms with van der Waals surface area (Å²) >= 11 is 0. The lowest BCUT2D eigenvalue weighted by Gasteiger charge is -2.33. The fraction of sp³-hybridized carbons (Fsp3) is 0.565. The van der Waals surface area contributed by atoms with Gasteiger partial charge < -0.3 is 25.6 Å². The minimum absolute atomic E-state index is 0.0394. The molecule has 1 aromatic carbocycles. The zero-order valence-electron chi connectivity index (χ0n) is 18.6. The second kappa shape index (κ2) is 8.78. The molecule has 1 saturated heterocycles. The molecular weight excluding hydrogens is 394 g/mol. The van der Waals surface area contributed by atoms with Crippen LogP contribution in [-0.2, 0) is 4.74 Å². The molecule has 3 aliphatic heterocycles. The van der Waals surface area contributed by atoms with Crippen molar-refractivity contribution in [3.05, 3.63) is 36.0 Å². The second-order valence-electron chi connectivity index (χ2n) is 9.44. The van der Waals surface area contributed by atoms with E-state index in [-0.39, 0.29) is 24.3 Å². The van der Waals surface area contributed by atoms with Gasteiger partial charge in [-0.15, -0.1) is 0 Å². The minimum Gasteiger partial charge on any atom is -0.444 e. The lowest BCUT2D eigenvalue weighted by atomic mass is 10.1. The normalized spacial score (nSPS) is 22.9. The van der Waals surface area contributed by atoms with Crippen molar-refractivity contribution in [1.29, 1.82) is 0 Å². The summed E-state index contributed by atoms with van der Waals surface area (Å²) in [5, 5.41) is 9.27. The topological polar surface area (TPSA) is 85.9 Å². The van der Waals surface area contributed by atoms with E-state index in [1.807, 2.05) is 50.1 Å². The Kier molecular flexibility index (Phi) is 6.09. The summed E-state index contributed by atoms with van der Waals surface area (Å²) in [4.78, 5) is 28.7. The maximum atomic E-state index is 12.7. The molecule has 3 N–H and O–H groups in total. The largest absolute Gasteiger partial charge is 0.444 e. The molecule has 31 heavy (non-hydrogen) atoms. The molecule has 168 valence electrons. The van der Waals surface area contributed by atoms with Gasteiger partial charge in [0.25, 0.3) is 0 Å². The van der Waals surface area contributed by atoms with E-state index < -0.39 is 5.60 Å². The molecule has 1 fully saturated rings. The number of para-hydroxylation sites is 1. The Hall–Kier alpha value is -2.74. The molecule has 0 aliphatic carbocycles. The van der Waals surface area contributed by atoms with Gasteiger partial charge in [0.15, 0.2) is 0 Å². The van der Waals surface area contributed by atoms with Gasteiger partial charge in [-0.1, -0.05) is 18.2 Å². The summed E-state index contributed by atoms with van der Waals surface area (Å²) in [6.45, 7) is 9.00. The lowest BCUT2D eigenvalue weighted by Crippen LogP contribution is -2.52. The van der Waals surface area contributed by atoms with Crippen molar-refractivity contribution in [3.8, 4) is 0 Å². The number of nitrogens with zero attached hydrogens (tertiary/aromatic N) is 2. The Morgan fingerprint density at radius 3 is 2.84 bits per heavy atom. The maximum Gasteiger partial charge on any atom is 0.407 e. The number of fused-ring (bicyclic) bond motifs is 3. The highest BCUT2D eigenvalue weighted by Gasteiger charge is 2.37. The highest BCUT2D eigenvalue weighted by atomic mass is 16.6. The molecule has 0 radical (unpaired) electrons. The van der Waals surface area contributed by atoms with Gasteiger partial charge in [0, 0.05) is 42.7 Å². The fourth-order valence-corrected chi connectivity index (χ4v) is 4.39. The third-order valence-electron chi connectivity index (χ3n) is 5.84. The molecular formula is C23H33N5O3. The van der Waals surface area contributed by atoms with Gasteiger partial charge in [-0.25, -0.2) is 9.59 Å². The number of carbonyl (C=O) groups excluding carboxylic acids is 2. The number of benzene rings is 1. The first-order valence-electron chi connectivity index (χ1n) is 11.2. The summed E-state index contributed by atoms with van der Waals surface area (Å²) < 4.78 is 5.25. The number of unbranched alkanes of at least 4 members (excludes halogenated alkanes) is 1. The van der Waals surface area contributed by atoms with E-state index >= 15 is 0 Å². The molecule has 0 saturated carbocycles. The number of alkyl carbamates (subject to hydrolysis) is 1. The van der Waals surface area contributed by atoms with Crippen molar-refractivity contribution in [3.63, 3.8) is 0 Å². The van der Waals surface area contributed by atoms with E-state index in [1.165, 1.54) is 0 Å². The standard InChI is InChI=1S/C23H33N5O3/c1-23(2,3)31-22(30)24-11-6-7-12-27-13-10-16(14-27)28-15-18-17-8-4-5-9-19(17)25-20(18)26-21(28)29/h4-5,8-9,15-16,20,25H,6-7,10-14H2,1-3H3,(H,24,30)(H,26,29). The van der Waals surface area contributed by atoms with Gasteiger partial charge in [-0.3, -0.25) is 4.90 Å². The molecule has 8 heteroatoms. The van der Waals surface area contributed by atoms with Crippen molar-refractivity contribution in [2.24, 2.45) is 0 Å². The third kappa shape index (κ3) is 5.12. The Balaban J connectivity index is 1.23. The molecule has 3 amide bonds. The SMILES string of the molecule is CC(C)(C)OC(=O)NCCCCN1CCC(N2C=C3c4ccccc4NC3NC2=O)C1. The summed E-state index contributed by atoms with van der Waals surface area (Å²) in [5.74, 6) is 0.